The number of carboxylic acid groups (broad SMARTS) is 1. The van der Waals surface area contributed by atoms with E-state index >= 15 is 0 Å². The summed E-state index contributed by atoms with van der Waals surface area (Å²) in [4.78, 5) is 16.7. The molecule has 0 unspecified atom stereocenters. The molecule has 1 aromatic heterocycles. The van der Waals surface area contributed by atoms with Gasteiger partial charge in [0.05, 0.1) is 16.9 Å². The van der Waals surface area contributed by atoms with E-state index in [1.165, 1.54) is 22.5 Å². The van der Waals surface area contributed by atoms with Gasteiger partial charge in [0.15, 0.2) is 0 Å². The number of anilines is 1. The third-order valence-electron chi connectivity index (χ3n) is 5.15. The molecule has 0 atom stereocenters. The second-order valence-corrected chi connectivity index (χ2v) is 9.24. The van der Waals surface area contributed by atoms with E-state index in [1.54, 1.807) is 17.9 Å². The molecular formula is C20H22F3N3O4S. The fourth-order valence-electron chi connectivity index (χ4n) is 3.41. The van der Waals surface area contributed by atoms with Gasteiger partial charge in [-0.3, -0.25) is 4.79 Å². The second kappa shape index (κ2) is 8.83. The third kappa shape index (κ3) is 5.34. The molecule has 0 aliphatic carbocycles. The van der Waals surface area contributed by atoms with E-state index < -0.39 is 27.7 Å². The van der Waals surface area contributed by atoms with Gasteiger partial charge in [0.2, 0.25) is 10.0 Å². The zero-order chi connectivity index (χ0) is 22.8. The van der Waals surface area contributed by atoms with Gasteiger partial charge in [-0.1, -0.05) is 6.07 Å². The Bertz CT molecular complexity index is 1060. The van der Waals surface area contributed by atoms with Crippen LogP contribution in [-0.2, 0) is 27.4 Å². The first kappa shape index (κ1) is 23.0. The third-order valence-corrected chi connectivity index (χ3v) is 7.05. The fourth-order valence-corrected chi connectivity index (χ4v) is 4.94. The number of sulfonamides is 1. The summed E-state index contributed by atoms with van der Waals surface area (Å²) < 4.78 is 65.7. The number of alkyl halides is 3. The van der Waals surface area contributed by atoms with Crippen LogP contribution in [0.1, 0.15) is 23.1 Å². The summed E-state index contributed by atoms with van der Waals surface area (Å²) in [5, 5.41) is 9.04. The number of nitrogens with zero attached hydrogens (tertiary/aromatic N) is 3. The monoisotopic (exact) mass is 457 g/mol. The van der Waals surface area contributed by atoms with E-state index in [9.17, 15) is 26.4 Å². The summed E-state index contributed by atoms with van der Waals surface area (Å²) in [7, 11) is -3.85. The fraction of sp³-hybridized carbons (Fsp3) is 0.400. The lowest BCUT2D eigenvalue weighted by Gasteiger charge is -2.23. The zero-order valence-corrected chi connectivity index (χ0v) is 17.6. The Balaban J connectivity index is 1.76. The number of aryl methyl sites for hydroxylation is 1. The maximum Gasteiger partial charge on any atom is 0.417 e. The number of halogens is 3. The Morgan fingerprint density at radius 2 is 1.87 bits per heavy atom. The molecule has 1 aromatic carbocycles. The molecule has 1 N–H and O–H groups in total. The predicted molar refractivity (Wildman–Crippen MR) is 107 cm³/mol. The Labute approximate surface area is 178 Å². The van der Waals surface area contributed by atoms with Crippen molar-refractivity contribution in [1.82, 2.24) is 9.29 Å². The molecular weight excluding hydrogens is 435 g/mol. The largest absolute Gasteiger partial charge is 0.481 e. The van der Waals surface area contributed by atoms with Crippen molar-refractivity contribution in [2.75, 3.05) is 31.1 Å². The van der Waals surface area contributed by atoms with Gasteiger partial charge >= 0.3 is 12.1 Å². The zero-order valence-electron chi connectivity index (χ0n) is 16.8. The van der Waals surface area contributed by atoms with Crippen molar-refractivity contribution in [3.8, 4) is 0 Å². The van der Waals surface area contributed by atoms with Crippen molar-refractivity contribution in [3.05, 3.63) is 53.2 Å². The molecule has 7 nitrogen and oxygen atoms in total. The molecule has 3 rings (SSSR count). The van der Waals surface area contributed by atoms with Crippen molar-refractivity contribution in [3.63, 3.8) is 0 Å². The lowest BCUT2D eigenvalue weighted by molar-refractivity contribution is -0.138. The normalized spacial score (nSPS) is 16.2. The van der Waals surface area contributed by atoms with Gasteiger partial charge < -0.3 is 10.0 Å². The van der Waals surface area contributed by atoms with Crippen LogP contribution in [0.4, 0.5) is 19.0 Å². The SMILES string of the molecule is Cc1ccc(S(=O)(=O)N2CCCN(c3ccc(C(F)(F)F)cn3)CC2)cc1CC(=O)O. The highest BCUT2D eigenvalue weighted by Gasteiger charge is 2.31. The first-order chi connectivity index (χ1) is 14.5. The van der Waals surface area contributed by atoms with E-state index in [0.717, 1.165) is 12.3 Å². The van der Waals surface area contributed by atoms with Crippen LogP contribution in [-0.4, -0.2) is 55.0 Å². The first-order valence-electron chi connectivity index (χ1n) is 9.58. The molecule has 0 spiro atoms. The molecule has 0 saturated carbocycles. The van der Waals surface area contributed by atoms with Gasteiger partial charge in [-0.25, -0.2) is 13.4 Å². The predicted octanol–water partition coefficient (Wildman–Crippen LogP) is 2.94. The Kier molecular flexibility index (Phi) is 6.56. The number of rotatable bonds is 5. The minimum absolute atomic E-state index is 0.0236. The standard InChI is InChI=1S/C20H22F3N3O4S/c1-14-3-5-17(11-15(14)12-19(27)28)31(29,30)26-8-2-7-25(9-10-26)18-6-4-16(13-24-18)20(21,22)23/h3-6,11,13H,2,7-10,12H2,1H3,(H,27,28). The van der Waals surface area contributed by atoms with Crippen molar-refractivity contribution < 1.29 is 31.5 Å². The van der Waals surface area contributed by atoms with Crippen LogP contribution >= 0.6 is 0 Å². The highest BCUT2D eigenvalue weighted by Crippen LogP contribution is 2.29. The van der Waals surface area contributed by atoms with Crippen LogP contribution in [0, 0.1) is 6.92 Å². The average Bonchev–Trinajstić information content (AvgIpc) is 2.95. The van der Waals surface area contributed by atoms with Gasteiger partial charge in [-0.05, 0) is 48.7 Å². The van der Waals surface area contributed by atoms with Gasteiger partial charge in [0, 0.05) is 32.4 Å². The molecule has 2 heterocycles. The number of pyridine rings is 1. The lowest BCUT2D eigenvalue weighted by atomic mass is 10.1. The van der Waals surface area contributed by atoms with Crippen LogP contribution in [0.15, 0.2) is 41.4 Å². The molecule has 2 aromatic rings. The molecule has 1 aliphatic rings. The quantitative estimate of drug-likeness (QED) is 0.743. The highest BCUT2D eigenvalue weighted by molar-refractivity contribution is 7.89. The summed E-state index contributed by atoms with van der Waals surface area (Å²) >= 11 is 0. The number of aromatic nitrogens is 1. The molecule has 1 saturated heterocycles. The van der Waals surface area contributed by atoms with Crippen molar-refractivity contribution in [2.45, 2.75) is 30.8 Å². The minimum atomic E-state index is -4.47. The van der Waals surface area contributed by atoms with E-state index in [-0.39, 0.29) is 31.0 Å². The van der Waals surface area contributed by atoms with E-state index in [0.29, 0.717) is 29.9 Å². The average molecular weight is 457 g/mol. The summed E-state index contributed by atoms with van der Waals surface area (Å²) in [6, 6.07) is 6.67. The van der Waals surface area contributed by atoms with E-state index in [1.807, 2.05) is 0 Å². The van der Waals surface area contributed by atoms with Gasteiger partial charge in [-0.15, -0.1) is 0 Å². The molecule has 11 heteroatoms. The Morgan fingerprint density at radius 1 is 1.13 bits per heavy atom. The molecule has 1 aliphatic heterocycles. The van der Waals surface area contributed by atoms with Gasteiger partial charge in [0.1, 0.15) is 5.82 Å². The summed E-state index contributed by atoms with van der Waals surface area (Å²) in [6.07, 6.45) is -3.51. The number of carbonyl (C=O) groups is 1. The van der Waals surface area contributed by atoms with Gasteiger partial charge in [-0.2, -0.15) is 17.5 Å². The molecule has 168 valence electrons. The lowest BCUT2D eigenvalue weighted by Crippen LogP contribution is -2.35. The second-order valence-electron chi connectivity index (χ2n) is 7.31. The maximum absolute atomic E-state index is 13.1. The van der Waals surface area contributed by atoms with E-state index in [2.05, 4.69) is 4.98 Å². The van der Waals surface area contributed by atoms with Crippen molar-refractivity contribution in [1.29, 1.82) is 0 Å². The molecule has 1 fully saturated rings. The molecule has 0 amide bonds. The van der Waals surface area contributed by atoms with Gasteiger partial charge in [0.25, 0.3) is 0 Å². The Morgan fingerprint density at radius 3 is 2.48 bits per heavy atom. The van der Waals surface area contributed by atoms with Crippen LogP contribution in [0.5, 0.6) is 0 Å². The number of hydrogen-bond acceptors (Lipinski definition) is 5. The number of aliphatic carboxylic acids is 1. The molecule has 0 bridgehead atoms. The highest BCUT2D eigenvalue weighted by atomic mass is 32.2. The molecule has 31 heavy (non-hydrogen) atoms. The first-order valence-corrected chi connectivity index (χ1v) is 11.0. The van der Waals surface area contributed by atoms with Crippen molar-refractivity contribution in [2.24, 2.45) is 0 Å². The molecule has 0 radical (unpaired) electrons. The number of benzene rings is 1. The van der Waals surface area contributed by atoms with E-state index in [4.69, 9.17) is 5.11 Å². The van der Waals surface area contributed by atoms with Crippen LogP contribution in [0.2, 0.25) is 0 Å². The summed E-state index contributed by atoms with van der Waals surface area (Å²) in [5.41, 5.74) is 0.280. The Hall–Kier alpha value is -2.66. The summed E-state index contributed by atoms with van der Waals surface area (Å²) in [5.74, 6) is -0.696. The number of carboxylic acids is 1. The van der Waals surface area contributed by atoms with Crippen LogP contribution in [0.25, 0.3) is 0 Å². The smallest absolute Gasteiger partial charge is 0.417 e. The maximum atomic E-state index is 13.1. The minimum Gasteiger partial charge on any atom is -0.481 e. The topological polar surface area (TPSA) is 90.8 Å². The van der Waals surface area contributed by atoms with Crippen molar-refractivity contribution >= 4 is 21.8 Å². The number of hydrogen-bond donors (Lipinski definition) is 1. The van der Waals surface area contributed by atoms with Crippen LogP contribution in [0.3, 0.4) is 0 Å². The summed E-state index contributed by atoms with van der Waals surface area (Å²) in [6.45, 7) is 2.80. The van der Waals surface area contributed by atoms with Crippen LogP contribution < -0.4 is 4.90 Å².